The summed E-state index contributed by atoms with van der Waals surface area (Å²) in [6, 6.07) is 3.95. The van der Waals surface area contributed by atoms with E-state index in [0.717, 1.165) is 12.5 Å². The fraction of sp³-hybridized carbons (Fsp3) is 0.500. The van der Waals surface area contributed by atoms with Crippen molar-refractivity contribution in [2.45, 2.75) is 20.3 Å². The van der Waals surface area contributed by atoms with Gasteiger partial charge < -0.3 is 9.64 Å². The van der Waals surface area contributed by atoms with Gasteiger partial charge in [0.1, 0.15) is 0 Å². The molecule has 1 amide bonds. The molecule has 1 aromatic carbocycles. The molecule has 1 aliphatic rings. The number of hydrogen-bond acceptors (Lipinski definition) is 5. The normalized spacial score (nSPS) is 20.5. The molecule has 0 saturated carbocycles. The van der Waals surface area contributed by atoms with Gasteiger partial charge in [-0.3, -0.25) is 14.9 Å². The number of benzene rings is 1. The molecule has 1 saturated heterocycles. The van der Waals surface area contributed by atoms with Crippen LogP contribution in [0.2, 0.25) is 0 Å². The molecule has 24 heavy (non-hydrogen) atoms. The van der Waals surface area contributed by atoms with Gasteiger partial charge in [-0.1, -0.05) is 13.8 Å². The summed E-state index contributed by atoms with van der Waals surface area (Å²) in [5, 5.41) is 10.9. The largest absolute Gasteiger partial charge is 0.452 e. The van der Waals surface area contributed by atoms with Crippen LogP contribution in [-0.2, 0) is 9.53 Å². The molecule has 2 rings (SSSR count). The molecule has 0 aromatic heterocycles. The monoisotopic (exact) mass is 398 g/mol. The number of esters is 1. The van der Waals surface area contributed by atoms with E-state index < -0.39 is 10.9 Å². The fourth-order valence-corrected chi connectivity index (χ4v) is 3.34. The van der Waals surface area contributed by atoms with Crippen LogP contribution in [-0.4, -0.2) is 41.4 Å². The van der Waals surface area contributed by atoms with Crippen LogP contribution in [0.25, 0.3) is 0 Å². The first kappa shape index (κ1) is 18.4. The third kappa shape index (κ3) is 4.53. The Morgan fingerprint density at radius 3 is 2.54 bits per heavy atom. The first-order valence-electron chi connectivity index (χ1n) is 7.66. The zero-order valence-corrected chi connectivity index (χ0v) is 15.1. The number of hydrogen-bond donors (Lipinski definition) is 0. The quantitative estimate of drug-likeness (QED) is 0.441. The summed E-state index contributed by atoms with van der Waals surface area (Å²) in [6.07, 6.45) is 1.08. The molecular formula is C16H19BrN2O5. The summed E-state index contributed by atoms with van der Waals surface area (Å²) in [6.45, 7) is 5.13. The number of likely N-dealkylation sites (tertiary alicyclic amines) is 1. The van der Waals surface area contributed by atoms with Crippen molar-refractivity contribution in [3.8, 4) is 0 Å². The minimum absolute atomic E-state index is 0.0399. The second-order valence-corrected chi connectivity index (χ2v) is 7.10. The van der Waals surface area contributed by atoms with Crippen molar-refractivity contribution in [2.75, 3.05) is 19.7 Å². The number of carbonyl (C=O) groups excluding carboxylic acids is 2. The van der Waals surface area contributed by atoms with E-state index in [-0.39, 0.29) is 28.2 Å². The number of piperidine rings is 1. The highest BCUT2D eigenvalue weighted by Crippen LogP contribution is 2.26. The average molecular weight is 399 g/mol. The van der Waals surface area contributed by atoms with Gasteiger partial charge in [0.2, 0.25) is 0 Å². The molecule has 0 radical (unpaired) electrons. The standard InChI is InChI=1S/C16H19BrN2O5/c1-10-5-11(2)8-18(7-10)15(20)9-24-16(21)12-3-4-13(17)14(6-12)19(22)23/h3-4,6,10-11H,5,7-9H2,1-2H3/t10-,11-/m0/s1. The number of halogens is 1. The second kappa shape index (κ2) is 7.74. The van der Waals surface area contributed by atoms with Crippen LogP contribution in [0.4, 0.5) is 5.69 Å². The van der Waals surface area contributed by atoms with Crippen LogP contribution >= 0.6 is 15.9 Å². The van der Waals surface area contributed by atoms with Gasteiger partial charge in [-0.15, -0.1) is 0 Å². The molecule has 1 aromatic rings. The highest BCUT2D eigenvalue weighted by molar-refractivity contribution is 9.10. The van der Waals surface area contributed by atoms with E-state index in [0.29, 0.717) is 24.9 Å². The molecule has 2 atom stereocenters. The van der Waals surface area contributed by atoms with Gasteiger partial charge in [0.05, 0.1) is 15.0 Å². The Labute approximate surface area is 148 Å². The van der Waals surface area contributed by atoms with Crippen LogP contribution < -0.4 is 0 Å². The summed E-state index contributed by atoms with van der Waals surface area (Å²) < 4.78 is 5.29. The van der Waals surface area contributed by atoms with Crippen LogP contribution in [0.1, 0.15) is 30.6 Å². The minimum atomic E-state index is -0.753. The predicted molar refractivity (Wildman–Crippen MR) is 90.6 cm³/mol. The maximum Gasteiger partial charge on any atom is 0.338 e. The predicted octanol–water partition coefficient (Wildman–Crippen LogP) is 3.02. The van der Waals surface area contributed by atoms with E-state index in [2.05, 4.69) is 29.8 Å². The molecule has 1 aliphatic heterocycles. The number of nitro benzene ring substituents is 1. The van der Waals surface area contributed by atoms with E-state index >= 15 is 0 Å². The minimum Gasteiger partial charge on any atom is -0.452 e. The Hall–Kier alpha value is -1.96. The average Bonchev–Trinajstić information content (AvgIpc) is 2.51. The van der Waals surface area contributed by atoms with Crippen molar-refractivity contribution in [3.63, 3.8) is 0 Å². The summed E-state index contributed by atoms with van der Waals surface area (Å²) in [7, 11) is 0. The smallest absolute Gasteiger partial charge is 0.338 e. The number of nitro groups is 1. The maximum atomic E-state index is 12.2. The van der Waals surface area contributed by atoms with Crippen molar-refractivity contribution in [1.29, 1.82) is 0 Å². The summed E-state index contributed by atoms with van der Waals surface area (Å²) in [5.74, 6) is -0.157. The van der Waals surface area contributed by atoms with Crippen LogP contribution in [0.3, 0.4) is 0 Å². The van der Waals surface area contributed by atoms with E-state index in [1.54, 1.807) is 4.90 Å². The Bertz CT molecular complexity index is 654. The van der Waals surface area contributed by atoms with Gasteiger partial charge in [0, 0.05) is 19.2 Å². The van der Waals surface area contributed by atoms with E-state index in [1.165, 1.54) is 12.1 Å². The lowest BCUT2D eigenvalue weighted by molar-refractivity contribution is -0.385. The molecule has 1 fully saturated rings. The molecule has 7 nitrogen and oxygen atoms in total. The lowest BCUT2D eigenvalue weighted by atomic mass is 9.92. The van der Waals surface area contributed by atoms with Gasteiger partial charge in [-0.05, 0) is 46.3 Å². The number of rotatable bonds is 4. The fourth-order valence-electron chi connectivity index (χ4n) is 2.95. The van der Waals surface area contributed by atoms with E-state index in [9.17, 15) is 19.7 Å². The van der Waals surface area contributed by atoms with Gasteiger partial charge in [-0.25, -0.2) is 4.79 Å². The van der Waals surface area contributed by atoms with Crippen LogP contribution in [0.15, 0.2) is 22.7 Å². The number of amides is 1. The van der Waals surface area contributed by atoms with Crippen LogP contribution in [0, 0.1) is 22.0 Å². The lowest BCUT2D eigenvalue weighted by Crippen LogP contribution is -2.44. The van der Waals surface area contributed by atoms with Crippen molar-refractivity contribution in [2.24, 2.45) is 11.8 Å². The van der Waals surface area contributed by atoms with Crippen LogP contribution in [0.5, 0.6) is 0 Å². The summed E-state index contributed by atoms with van der Waals surface area (Å²) >= 11 is 3.05. The van der Waals surface area contributed by atoms with E-state index in [1.807, 2.05) is 0 Å². The molecule has 0 aliphatic carbocycles. The number of carbonyl (C=O) groups is 2. The van der Waals surface area contributed by atoms with Crippen molar-refractivity contribution < 1.29 is 19.2 Å². The lowest BCUT2D eigenvalue weighted by Gasteiger charge is -2.34. The van der Waals surface area contributed by atoms with Crippen molar-refractivity contribution in [3.05, 3.63) is 38.3 Å². The van der Waals surface area contributed by atoms with Gasteiger partial charge >= 0.3 is 5.97 Å². The third-order valence-electron chi connectivity index (χ3n) is 3.93. The topological polar surface area (TPSA) is 89.8 Å². The maximum absolute atomic E-state index is 12.2. The number of nitrogens with zero attached hydrogens (tertiary/aromatic N) is 2. The van der Waals surface area contributed by atoms with Gasteiger partial charge in [0.15, 0.2) is 6.61 Å². The zero-order valence-electron chi connectivity index (χ0n) is 13.5. The molecule has 1 heterocycles. The SMILES string of the molecule is C[C@H]1C[C@H](C)CN(C(=O)COC(=O)c2ccc(Br)c([N+](=O)[O-])c2)C1. The van der Waals surface area contributed by atoms with E-state index in [4.69, 9.17) is 4.74 Å². The van der Waals surface area contributed by atoms with Gasteiger partial charge in [0.25, 0.3) is 11.6 Å². The highest BCUT2D eigenvalue weighted by Gasteiger charge is 2.26. The Balaban J connectivity index is 1.96. The Morgan fingerprint density at radius 2 is 1.96 bits per heavy atom. The Kier molecular flexibility index (Phi) is 5.93. The van der Waals surface area contributed by atoms with Gasteiger partial charge in [-0.2, -0.15) is 0 Å². The van der Waals surface area contributed by atoms with Crippen molar-refractivity contribution in [1.82, 2.24) is 4.90 Å². The Morgan fingerprint density at radius 1 is 1.33 bits per heavy atom. The highest BCUT2D eigenvalue weighted by atomic mass is 79.9. The first-order chi connectivity index (χ1) is 11.3. The molecule has 0 N–H and O–H groups in total. The molecule has 0 unspecified atom stereocenters. The zero-order chi connectivity index (χ0) is 17.9. The summed E-state index contributed by atoms with van der Waals surface area (Å²) in [5.41, 5.74) is -0.187. The molecule has 130 valence electrons. The summed E-state index contributed by atoms with van der Waals surface area (Å²) in [4.78, 5) is 36.2. The molecular weight excluding hydrogens is 380 g/mol. The van der Waals surface area contributed by atoms with Crippen molar-refractivity contribution >= 4 is 33.5 Å². The molecule has 0 spiro atoms. The first-order valence-corrected chi connectivity index (χ1v) is 8.46. The number of ether oxygens (including phenoxy) is 1. The molecule has 8 heteroatoms. The second-order valence-electron chi connectivity index (χ2n) is 6.24. The third-order valence-corrected chi connectivity index (χ3v) is 4.60. The molecule has 0 bridgehead atoms.